The number of hydrogen-bond acceptors (Lipinski definition) is 1. The number of benzene rings is 1. The molecule has 0 amide bonds. The highest BCUT2D eigenvalue weighted by Crippen LogP contribution is 2.72. The quantitative estimate of drug-likeness (QED) is 0.836. The lowest BCUT2D eigenvalue weighted by Gasteiger charge is -2.14. The van der Waals surface area contributed by atoms with Crippen LogP contribution in [0, 0.1) is 28.4 Å². The zero-order valence-corrected chi connectivity index (χ0v) is 10.6. The molecule has 1 nitrogen and oxygen atoms in total. The van der Waals surface area contributed by atoms with Crippen LogP contribution in [0.5, 0.6) is 0 Å². The van der Waals surface area contributed by atoms with Gasteiger partial charge >= 0.3 is 0 Å². The van der Waals surface area contributed by atoms with Crippen LogP contribution in [0.1, 0.15) is 39.4 Å². The summed E-state index contributed by atoms with van der Waals surface area (Å²) in [6, 6.07) is 3.68. The van der Waals surface area contributed by atoms with E-state index < -0.39 is 17.7 Å². The van der Waals surface area contributed by atoms with E-state index in [4.69, 9.17) is 0 Å². The highest BCUT2D eigenvalue weighted by Gasteiger charge is 2.67. The lowest BCUT2D eigenvalue weighted by molar-refractivity contribution is 0.122. The van der Waals surface area contributed by atoms with Crippen molar-refractivity contribution in [2.45, 2.75) is 33.8 Å². The zero-order chi connectivity index (χ0) is 13.0. The van der Waals surface area contributed by atoms with Gasteiger partial charge in [0.05, 0.1) is 11.7 Å². The fourth-order valence-corrected chi connectivity index (χ4v) is 3.00. The number of rotatable bonds is 2. The van der Waals surface area contributed by atoms with Gasteiger partial charge in [-0.05, 0) is 23.0 Å². The van der Waals surface area contributed by atoms with Crippen molar-refractivity contribution in [2.75, 3.05) is 0 Å². The number of hydrogen-bond donors (Lipinski definition) is 1. The Bertz CT molecular complexity index is 417. The molecule has 1 aromatic carbocycles. The molecule has 1 saturated carbocycles. The van der Waals surface area contributed by atoms with Gasteiger partial charge in [-0.1, -0.05) is 33.8 Å². The molecule has 0 saturated heterocycles. The van der Waals surface area contributed by atoms with Crippen molar-refractivity contribution < 1.29 is 13.9 Å². The monoisotopic (exact) mass is 240 g/mol. The molecular weight excluding hydrogens is 222 g/mol. The molecular formula is C14H18F2O. The van der Waals surface area contributed by atoms with Crippen molar-refractivity contribution in [1.29, 1.82) is 0 Å². The van der Waals surface area contributed by atoms with Gasteiger partial charge in [-0.15, -0.1) is 0 Å². The van der Waals surface area contributed by atoms with E-state index in [1.165, 1.54) is 18.2 Å². The molecule has 0 spiro atoms. The van der Waals surface area contributed by atoms with E-state index in [0.717, 1.165) is 0 Å². The molecule has 94 valence electrons. The Balaban J connectivity index is 2.38. The third-order valence-corrected chi connectivity index (χ3v) is 4.74. The summed E-state index contributed by atoms with van der Waals surface area (Å²) in [5.41, 5.74) is -0.418. The summed E-state index contributed by atoms with van der Waals surface area (Å²) in [6.45, 7) is 8.05. The summed E-state index contributed by atoms with van der Waals surface area (Å²) in [5, 5.41) is 10.2. The standard InChI is InChI=1S/C14H18F2O/c1-13(2)12(14(13,3)4)11(17)10-8(15)6-5-7-9(10)16/h5-7,11-12,17H,1-4H3. The van der Waals surface area contributed by atoms with Crippen LogP contribution in [0.4, 0.5) is 8.78 Å². The third-order valence-electron chi connectivity index (χ3n) is 4.74. The molecule has 1 atom stereocenters. The van der Waals surface area contributed by atoms with Gasteiger partial charge in [-0.2, -0.15) is 0 Å². The number of aliphatic hydroxyl groups excluding tert-OH is 1. The molecule has 1 aliphatic carbocycles. The summed E-state index contributed by atoms with van der Waals surface area (Å²) in [7, 11) is 0. The third kappa shape index (κ3) is 1.60. The van der Waals surface area contributed by atoms with Gasteiger partial charge in [0, 0.05) is 5.92 Å². The predicted molar refractivity (Wildman–Crippen MR) is 62.4 cm³/mol. The van der Waals surface area contributed by atoms with Crippen molar-refractivity contribution in [1.82, 2.24) is 0 Å². The topological polar surface area (TPSA) is 20.2 Å². The van der Waals surface area contributed by atoms with Gasteiger partial charge in [0.15, 0.2) is 0 Å². The molecule has 2 rings (SSSR count). The molecule has 0 aromatic heterocycles. The second kappa shape index (κ2) is 3.52. The van der Waals surface area contributed by atoms with Gasteiger partial charge in [-0.25, -0.2) is 8.78 Å². The van der Waals surface area contributed by atoms with Gasteiger partial charge in [0.2, 0.25) is 0 Å². The Labute approximate surface area is 100 Å². The summed E-state index contributed by atoms with van der Waals surface area (Å²) >= 11 is 0. The first-order valence-corrected chi connectivity index (χ1v) is 5.83. The van der Waals surface area contributed by atoms with Crippen molar-refractivity contribution in [2.24, 2.45) is 16.7 Å². The number of aliphatic hydroxyl groups is 1. The van der Waals surface area contributed by atoms with Crippen LogP contribution in [-0.2, 0) is 0 Å². The number of halogens is 2. The second-order valence-electron chi connectivity index (χ2n) is 6.00. The molecule has 0 radical (unpaired) electrons. The summed E-state index contributed by atoms with van der Waals surface area (Å²) in [5.74, 6) is -1.46. The maximum Gasteiger partial charge on any atom is 0.131 e. The first kappa shape index (κ1) is 12.5. The lowest BCUT2D eigenvalue weighted by Crippen LogP contribution is -2.10. The molecule has 1 unspecified atom stereocenters. The second-order valence-corrected chi connectivity index (χ2v) is 6.00. The highest BCUT2D eigenvalue weighted by atomic mass is 19.1. The van der Waals surface area contributed by atoms with Crippen LogP contribution >= 0.6 is 0 Å². The molecule has 1 aromatic rings. The molecule has 1 N–H and O–H groups in total. The zero-order valence-electron chi connectivity index (χ0n) is 10.6. The average Bonchev–Trinajstić information content (AvgIpc) is 2.56. The van der Waals surface area contributed by atoms with E-state index in [0.29, 0.717) is 0 Å². The Morgan fingerprint density at radius 3 is 1.82 bits per heavy atom. The maximum atomic E-state index is 13.6. The summed E-state index contributed by atoms with van der Waals surface area (Å²) in [4.78, 5) is 0. The SMILES string of the molecule is CC1(C)C(C(O)c2c(F)cccc2F)C1(C)C. The van der Waals surface area contributed by atoms with E-state index in [9.17, 15) is 13.9 Å². The minimum absolute atomic E-state index is 0.110. The van der Waals surface area contributed by atoms with Gasteiger partial charge in [0.1, 0.15) is 11.6 Å². The molecule has 17 heavy (non-hydrogen) atoms. The summed E-state index contributed by atoms with van der Waals surface area (Å²) < 4.78 is 27.2. The predicted octanol–water partition coefficient (Wildman–Crippen LogP) is 3.68. The Morgan fingerprint density at radius 1 is 1.06 bits per heavy atom. The van der Waals surface area contributed by atoms with Crippen molar-refractivity contribution in [3.05, 3.63) is 35.4 Å². The van der Waals surface area contributed by atoms with E-state index >= 15 is 0 Å². The summed E-state index contributed by atoms with van der Waals surface area (Å²) in [6.07, 6.45) is -1.08. The highest BCUT2D eigenvalue weighted by molar-refractivity contribution is 5.28. The molecule has 0 bridgehead atoms. The fourth-order valence-electron chi connectivity index (χ4n) is 3.00. The minimum Gasteiger partial charge on any atom is -0.388 e. The first-order chi connectivity index (χ1) is 7.71. The van der Waals surface area contributed by atoms with Gasteiger partial charge < -0.3 is 5.11 Å². The Kier molecular flexibility index (Phi) is 2.58. The maximum absolute atomic E-state index is 13.6. The first-order valence-electron chi connectivity index (χ1n) is 5.83. The molecule has 1 aliphatic rings. The van der Waals surface area contributed by atoms with Crippen LogP contribution in [0.2, 0.25) is 0 Å². The van der Waals surface area contributed by atoms with E-state index in [2.05, 4.69) is 0 Å². The van der Waals surface area contributed by atoms with Crippen LogP contribution in [0.25, 0.3) is 0 Å². The van der Waals surface area contributed by atoms with Crippen LogP contribution in [-0.4, -0.2) is 5.11 Å². The Hall–Kier alpha value is -0.960. The van der Waals surface area contributed by atoms with Crippen LogP contribution in [0.3, 0.4) is 0 Å². The molecule has 1 fully saturated rings. The van der Waals surface area contributed by atoms with Crippen molar-refractivity contribution >= 4 is 0 Å². The van der Waals surface area contributed by atoms with Crippen LogP contribution < -0.4 is 0 Å². The normalized spacial score (nSPS) is 23.5. The minimum atomic E-state index is -1.08. The van der Waals surface area contributed by atoms with E-state index in [-0.39, 0.29) is 22.3 Å². The molecule has 0 aliphatic heterocycles. The Morgan fingerprint density at radius 2 is 1.47 bits per heavy atom. The van der Waals surface area contributed by atoms with E-state index in [1.54, 1.807) is 0 Å². The largest absolute Gasteiger partial charge is 0.388 e. The smallest absolute Gasteiger partial charge is 0.131 e. The van der Waals surface area contributed by atoms with Gasteiger partial charge in [0.25, 0.3) is 0 Å². The molecule has 3 heteroatoms. The van der Waals surface area contributed by atoms with Crippen molar-refractivity contribution in [3.63, 3.8) is 0 Å². The average molecular weight is 240 g/mol. The van der Waals surface area contributed by atoms with E-state index in [1.807, 2.05) is 27.7 Å². The molecule has 0 heterocycles. The fraction of sp³-hybridized carbons (Fsp3) is 0.571. The van der Waals surface area contributed by atoms with Crippen molar-refractivity contribution in [3.8, 4) is 0 Å². The van der Waals surface area contributed by atoms with Gasteiger partial charge in [-0.3, -0.25) is 0 Å². The van der Waals surface area contributed by atoms with Crippen LogP contribution in [0.15, 0.2) is 18.2 Å². The lowest BCUT2D eigenvalue weighted by atomic mass is 9.98.